The summed E-state index contributed by atoms with van der Waals surface area (Å²) in [6.07, 6.45) is 14.2. The maximum absolute atomic E-state index is 12.5. The van der Waals surface area contributed by atoms with Gasteiger partial charge in [0.1, 0.15) is 0 Å². The number of anilines is 1. The number of nitrogens with zero attached hydrogens (tertiary/aromatic N) is 1. The molecule has 1 heterocycles. The van der Waals surface area contributed by atoms with E-state index in [0.29, 0.717) is 5.41 Å². The van der Waals surface area contributed by atoms with Crippen molar-refractivity contribution in [1.29, 1.82) is 0 Å². The van der Waals surface area contributed by atoms with Crippen LogP contribution in [0, 0.1) is 23.7 Å². The van der Waals surface area contributed by atoms with E-state index in [1.807, 2.05) is 0 Å². The van der Waals surface area contributed by atoms with E-state index >= 15 is 0 Å². The molecule has 3 nitrogen and oxygen atoms in total. The summed E-state index contributed by atoms with van der Waals surface area (Å²) in [5.74, 6) is 3.25. The van der Waals surface area contributed by atoms with Crippen molar-refractivity contribution >= 4 is 22.4 Å². The highest BCUT2D eigenvalue weighted by Gasteiger charge is 2.52. The number of nitrogens with one attached hydrogen (secondary N) is 1. The number of hydrogen-bond donors (Lipinski definition) is 1. The van der Waals surface area contributed by atoms with Crippen LogP contribution in [0.25, 0.3) is 0 Å². The number of aromatic nitrogens is 1. The minimum absolute atomic E-state index is 0.209. The monoisotopic (exact) mass is 344 g/mol. The summed E-state index contributed by atoms with van der Waals surface area (Å²) in [5.41, 5.74) is 1.64. The third-order valence-electron chi connectivity index (χ3n) is 7.29. The molecule has 1 amide bonds. The van der Waals surface area contributed by atoms with Gasteiger partial charge in [-0.1, -0.05) is 19.3 Å². The molecular weight excluding hydrogens is 316 g/mol. The maximum atomic E-state index is 12.5. The van der Waals surface area contributed by atoms with Gasteiger partial charge in [0.2, 0.25) is 5.91 Å². The fourth-order valence-electron chi connectivity index (χ4n) is 6.57. The van der Waals surface area contributed by atoms with Crippen molar-refractivity contribution in [2.24, 2.45) is 23.7 Å². The van der Waals surface area contributed by atoms with E-state index in [9.17, 15) is 4.79 Å². The molecule has 5 fully saturated rings. The summed E-state index contributed by atoms with van der Waals surface area (Å²) in [4.78, 5) is 17.4. The Hall–Kier alpha value is -0.900. The highest BCUT2D eigenvalue weighted by Crippen LogP contribution is 2.60. The lowest BCUT2D eigenvalue weighted by Crippen LogP contribution is -2.48. The molecular formula is C20H28N2OS. The summed E-state index contributed by atoms with van der Waals surface area (Å²) in [5, 5.41) is 6.23. The number of carbonyl (C=O) groups excluding carboxylic acids is 1. The zero-order valence-electron chi connectivity index (χ0n) is 14.4. The molecule has 24 heavy (non-hydrogen) atoms. The summed E-state index contributed by atoms with van der Waals surface area (Å²) in [6, 6.07) is 0. The molecule has 0 saturated heterocycles. The van der Waals surface area contributed by atoms with Crippen LogP contribution in [0.1, 0.15) is 76.3 Å². The first-order valence-corrected chi connectivity index (χ1v) is 10.8. The van der Waals surface area contributed by atoms with Crippen molar-refractivity contribution in [3.63, 3.8) is 0 Å². The summed E-state index contributed by atoms with van der Waals surface area (Å²) >= 11 is 1.65. The zero-order chi connectivity index (χ0) is 16.1. The molecule has 130 valence electrons. The number of carbonyl (C=O) groups is 1. The Morgan fingerprint density at radius 2 is 1.67 bits per heavy atom. The zero-order valence-corrected chi connectivity index (χ0v) is 15.2. The standard InChI is InChI=1S/C20H28N2OS/c23-18(16-4-2-1-3-5-16)22-19-21-17(12-24-19)20-9-13-6-14(10-20)8-15(7-13)11-20/h12-16H,1-11H2,(H,21,22,23). The fraction of sp³-hybridized carbons (Fsp3) is 0.800. The van der Waals surface area contributed by atoms with Gasteiger partial charge >= 0.3 is 0 Å². The van der Waals surface area contributed by atoms with E-state index in [-0.39, 0.29) is 11.8 Å². The molecule has 0 unspecified atom stereocenters. The van der Waals surface area contributed by atoms with Gasteiger partial charge in [0.25, 0.3) is 0 Å². The quantitative estimate of drug-likeness (QED) is 0.826. The van der Waals surface area contributed by atoms with Crippen LogP contribution >= 0.6 is 11.3 Å². The molecule has 5 saturated carbocycles. The van der Waals surface area contributed by atoms with Crippen molar-refractivity contribution in [1.82, 2.24) is 4.98 Å². The van der Waals surface area contributed by atoms with Gasteiger partial charge in [-0.3, -0.25) is 4.79 Å². The predicted octanol–water partition coefficient (Wildman–Crippen LogP) is 5.13. The maximum Gasteiger partial charge on any atom is 0.229 e. The third kappa shape index (κ3) is 2.61. The van der Waals surface area contributed by atoms with Crippen LogP contribution < -0.4 is 5.32 Å². The van der Waals surface area contributed by atoms with E-state index in [2.05, 4.69) is 10.7 Å². The van der Waals surface area contributed by atoms with Crippen LogP contribution in [0.4, 0.5) is 5.13 Å². The van der Waals surface area contributed by atoms with Gasteiger partial charge in [-0.2, -0.15) is 0 Å². The molecule has 0 radical (unpaired) electrons. The lowest BCUT2D eigenvalue weighted by Gasteiger charge is -2.56. The first kappa shape index (κ1) is 15.4. The lowest BCUT2D eigenvalue weighted by molar-refractivity contribution is -0.120. The number of rotatable bonds is 3. The van der Waals surface area contributed by atoms with Crippen LogP contribution in [0.15, 0.2) is 5.38 Å². The molecule has 0 spiro atoms. The topological polar surface area (TPSA) is 42.0 Å². The highest BCUT2D eigenvalue weighted by atomic mass is 32.1. The van der Waals surface area contributed by atoms with Gasteiger partial charge in [0.05, 0.1) is 5.69 Å². The normalized spacial score (nSPS) is 38.4. The molecule has 0 atom stereocenters. The Kier molecular flexibility index (Phi) is 3.73. The minimum atomic E-state index is 0.209. The van der Waals surface area contributed by atoms with Crippen LogP contribution in [0.5, 0.6) is 0 Å². The average Bonchev–Trinajstić information content (AvgIpc) is 3.04. The molecule has 5 aliphatic carbocycles. The van der Waals surface area contributed by atoms with Gasteiger partial charge in [-0.05, 0) is 69.1 Å². The number of thiazole rings is 1. The minimum Gasteiger partial charge on any atom is -0.302 e. The van der Waals surface area contributed by atoms with E-state index in [1.54, 1.807) is 11.3 Å². The van der Waals surface area contributed by atoms with Crippen LogP contribution in [-0.2, 0) is 10.2 Å². The smallest absolute Gasteiger partial charge is 0.229 e. The van der Waals surface area contributed by atoms with Gasteiger partial charge in [-0.25, -0.2) is 4.98 Å². The van der Waals surface area contributed by atoms with Gasteiger partial charge in [0, 0.05) is 16.7 Å². The Labute approximate surface area is 148 Å². The van der Waals surface area contributed by atoms with Crippen molar-refractivity contribution < 1.29 is 4.79 Å². The lowest BCUT2D eigenvalue weighted by atomic mass is 9.49. The van der Waals surface area contributed by atoms with Crippen molar-refractivity contribution in [3.8, 4) is 0 Å². The molecule has 5 aliphatic rings. The van der Waals surface area contributed by atoms with Crippen molar-refractivity contribution in [3.05, 3.63) is 11.1 Å². The van der Waals surface area contributed by atoms with Gasteiger partial charge in [-0.15, -0.1) is 11.3 Å². The first-order valence-electron chi connectivity index (χ1n) is 9.97. The van der Waals surface area contributed by atoms with E-state index in [1.165, 1.54) is 63.5 Å². The predicted molar refractivity (Wildman–Crippen MR) is 97.2 cm³/mol. The summed E-state index contributed by atoms with van der Waals surface area (Å²) < 4.78 is 0. The third-order valence-corrected chi connectivity index (χ3v) is 8.05. The molecule has 6 rings (SSSR count). The van der Waals surface area contributed by atoms with Gasteiger partial charge < -0.3 is 5.32 Å². The molecule has 0 aromatic carbocycles. The molecule has 1 N–H and O–H groups in total. The largest absolute Gasteiger partial charge is 0.302 e. The van der Waals surface area contributed by atoms with Gasteiger partial charge in [0.15, 0.2) is 5.13 Å². The Bertz CT molecular complexity index is 596. The summed E-state index contributed by atoms with van der Waals surface area (Å²) in [6.45, 7) is 0. The highest BCUT2D eigenvalue weighted by molar-refractivity contribution is 7.13. The van der Waals surface area contributed by atoms with Crippen molar-refractivity contribution in [2.75, 3.05) is 5.32 Å². The Balaban J connectivity index is 1.31. The second-order valence-electron chi connectivity index (χ2n) is 9.06. The second kappa shape index (κ2) is 5.82. The Morgan fingerprint density at radius 1 is 1.04 bits per heavy atom. The average molecular weight is 345 g/mol. The van der Waals surface area contributed by atoms with Crippen molar-refractivity contribution in [2.45, 2.75) is 76.0 Å². The van der Waals surface area contributed by atoms with E-state index in [4.69, 9.17) is 4.98 Å². The molecule has 1 aromatic rings. The van der Waals surface area contributed by atoms with Crippen LogP contribution in [0.3, 0.4) is 0 Å². The SMILES string of the molecule is O=C(Nc1nc(C23CC4CC(CC(C4)C2)C3)cs1)C1CCCCC1. The Morgan fingerprint density at radius 3 is 2.29 bits per heavy atom. The second-order valence-corrected chi connectivity index (χ2v) is 9.92. The van der Waals surface area contributed by atoms with E-state index in [0.717, 1.165) is 35.7 Å². The molecule has 1 aromatic heterocycles. The first-order chi connectivity index (χ1) is 11.7. The molecule has 4 heteroatoms. The molecule has 0 aliphatic heterocycles. The van der Waals surface area contributed by atoms with Crippen LogP contribution in [0.2, 0.25) is 0 Å². The number of amides is 1. The van der Waals surface area contributed by atoms with Crippen LogP contribution in [-0.4, -0.2) is 10.9 Å². The number of hydrogen-bond acceptors (Lipinski definition) is 3. The summed E-state index contributed by atoms with van der Waals surface area (Å²) in [7, 11) is 0. The van der Waals surface area contributed by atoms with E-state index < -0.39 is 0 Å². The fourth-order valence-corrected chi connectivity index (χ4v) is 7.41. The molecule has 4 bridgehead atoms.